The Labute approximate surface area is 198 Å². The zero-order chi connectivity index (χ0) is 23.8. The van der Waals surface area contributed by atoms with Crippen molar-refractivity contribution in [1.82, 2.24) is 4.90 Å². The van der Waals surface area contributed by atoms with E-state index in [4.69, 9.17) is 14.2 Å². The van der Waals surface area contributed by atoms with Crippen molar-refractivity contribution in [3.63, 3.8) is 0 Å². The Hall–Kier alpha value is -2.57. The Balaban J connectivity index is 1.49. The van der Waals surface area contributed by atoms with Gasteiger partial charge in [-0.05, 0) is 75.1 Å². The topological polar surface area (TPSA) is 51.2 Å². The summed E-state index contributed by atoms with van der Waals surface area (Å²) in [5.41, 5.74) is 2.90. The van der Waals surface area contributed by atoms with E-state index in [-0.39, 0.29) is 17.7 Å². The smallest absolute Gasteiger partial charge is 0.337 e. The molecule has 1 saturated heterocycles. The maximum Gasteiger partial charge on any atom is 0.337 e. The van der Waals surface area contributed by atoms with Crippen molar-refractivity contribution in [2.45, 2.75) is 51.4 Å². The van der Waals surface area contributed by atoms with Gasteiger partial charge in [0.2, 0.25) is 0 Å². The van der Waals surface area contributed by atoms with Gasteiger partial charge in [0, 0.05) is 46.0 Å². The minimum Gasteiger partial charge on any atom is -0.491 e. The van der Waals surface area contributed by atoms with Crippen molar-refractivity contribution in [3.8, 4) is 5.75 Å². The van der Waals surface area contributed by atoms with Crippen LogP contribution < -0.4 is 9.64 Å². The van der Waals surface area contributed by atoms with Gasteiger partial charge in [0.15, 0.2) is 0 Å². The maximum absolute atomic E-state index is 11.6. The van der Waals surface area contributed by atoms with Gasteiger partial charge in [-0.15, -0.1) is 0 Å². The molecule has 1 heterocycles. The Bertz CT molecular complexity index is 872. The number of carbonyl (C=O) groups excluding carboxylic acids is 1. The number of likely N-dealkylation sites (tertiary alicyclic amines) is 1. The molecule has 0 saturated carbocycles. The number of anilines is 1. The maximum atomic E-state index is 11.6. The van der Waals surface area contributed by atoms with Crippen LogP contribution in [0.1, 0.15) is 49.0 Å². The number of rotatable bonds is 10. The first-order valence-electron chi connectivity index (χ1n) is 11.8. The number of nitrogens with zero attached hydrogens (tertiary/aromatic N) is 2. The fourth-order valence-electron chi connectivity index (χ4n) is 4.35. The highest BCUT2D eigenvalue weighted by molar-refractivity contribution is 5.89. The molecule has 0 atom stereocenters. The van der Waals surface area contributed by atoms with E-state index >= 15 is 0 Å². The second-order valence-electron chi connectivity index (χ2n) is 9.18. The van der Waals surface area contributed by atoms with Gasteiger partial charge in [0.25, 0.3) is 0 Å². The lowest BCUT2D eigenvalue weighted by Crippen LogP contribution is -2.46. The van der Waals surface area contributed by atoms with Gasteiger partial charge in [-0.25, -0.2) is 4.79 Å². The van der Waals surface area contributed by atoms with Crippen LogP contribution in [0.3, 0.4) is 0 Å². The van der Waals surface area contributed by atoms with E-state index in [0.29, 0.717) is 5.56 Å². The van der Waals surface area contributed by atoms with Crippen LogP contribution in [-0.4, -0.2) is 63.5 Å². The molecule has 0 amide bonds. The third-order valence-electron chi connectivity index (χ3n) is 6.53. The molecule has 1 fully saturated rings. The molecule has 0 radical (unpaired) electrons. The van der Waals surface area contributed by atoms with Crippen LogP contribution in [0, 0.1) is 0 Å². The van der Waals surface area contributed by atoms with Crippen molar-refractivity contribution in [2.24, 2.45) is 0 Å². The number of methoxy groups -OCH3 is 2. The summed E-state index contributed by atoms with van der Waals surface area (Å²) in [6.07, 6.45) is 3.20. The molecule has 3 rings (SSSR count). The van der Waals surface area contributed by atoms with Crippen LogP contribution in [0.25, 0.3) is 0 Å². The fraction of sp³-hybridized carbons (Fsp3) is 0.519. The van der Waals surface area contributed by atoms with E-state index in [9.17, 15) is 4.79 Å². The quantitative estimate of drug-likeness (QED) is 0.482. The SMILES string of the molecule is COC(=O)c1ccc(CN2CCC(CCN(C)c3ccc(OC(C)C)cc3)(OC)CC2)cc1. The van der Waals surface area contributed by atoms with Gasteiger partial charge < -0.3 is 19.1 Å². The predicted octanol–water partition coefficient (Wildman–Crippen LogP) is 4.77. The van der Waals surface area contributed by atoms with Crippen LogP contribution in [0.2, 0.25) is 0 Å². The molecule has 0 bridgehead atoms. The van der Waals surface area contributed by atoms with Crippen LogP contribution in [0.4, 0.5) is 5.69 Å². The lowest BCUT2D eigenvalue weighted by Gasteiger charge is -2.42. The van der Waals surface area contributed by atoms with Gasteiger partial charge in [-0.3, -0.25) is 4.90 Å². The predicted molar refractivity (Wildman–Crippen MR) is 132 cm³/mol. The molecule has 2 aromatic carbocycles. The molecule has 180 valence electrons. The number of hydrogen-bond acceptors (Lipinski definition) is 6. The van der Waals surface area contributed by atoms with Gasteiger partial charge in [-0.1, -0.05) is 12.1 Å². The summed E-state index contributed by atoms with van der Waals surface area (Å²) in [5, 5.41) is 0. The first-order valence-corrected chi connectivity index (χ1v) is 11.8. The second-order valence-corrected chi connectivity index (χ2v) is 9.18. The minimum absolute atomic E-state index is 0.0831. The number of hydrogen-bond donors (Lipinski definition) is 0. The van der Waals surface area contributed by atoms with Crippen LogP contribution >= 0.6 is 0 Å². The molecule has 0 unspecified atom stereocenters. The lowest BCUT2D eigenvalue weighted by atomic mass is 9.87. The number of ether oxygens (including phenoxy) is 3. The van der Waals surface area contributed by atoms with E-state index in [1.807, 2.05) is 57.4 Å². The van der Waals surface area contributed by atoms with Crippen LogP contribution in [0.15, 0.2) is 48.5 Å². The number of esters is 1. The molecule has 0 N–H and O–H groups in total. The molecule has 1 aliphatic rings. The zero-order valence-corrected chi connectivity index (χ0v) is 20.7. The highest BCUT2D eigenvalue weighted by Crippen LogP contribution is 2.31. The fourth-order valence-corrected chi connectivity index (χ4v) is 4.35. The zero-order valence-electron chi connectivity index (χ0n) is 20.7. The Morgan fingerprint density at radius 2 is 1.67 bits per heavy atom. The molecular weight excluding hydrogens is 416 g/mol. The van der Waals surface area contributed by atoms with E-state index in [1.54, 1.807) is 0 Å². The lowest BCUT2D eigenvalue weighted by molar-refractivity contribution is -0.0622. The van der Waals surface area contributed by atoms with E-state index in [2.05, 4.69) is 29.0 Å². The minimum atomic E-state index is -0.297. The Morgan fingerprint density at radius 1 is 1.03 bits per heavy atom. The molecule has 0 aliphatic carbocycles. The largest absolute Gasteiger partial charge is 0.491 e. The van der Waals surface area contributed by atoms with E-state index < -0.39 is 0 Å². The summed E-state index contributed by atoms with van der Waals surface area (Å²) in [6.45, 7) is 7.89. The Kier molecular flexibility index (Phi) is 8.75. The van der Waals surface area contributed by atoms with Crippen LogP contribution in [0.5, 0.6) is 5.75 Å². The molecule has 2 aromatic rings. The molecule has 0 aromatic heterocycles. The Morgan fingerprint density at radius 3 is 2.21 bits per heavy atom. The molecule has 0 spiro atoms. The van der Waals surface area contributed by atoms with Crippen molar-refractivity contribution in [1.29, 1.82) is 0 Å². The molecule has 6 nitrogen and oxygen atoms in total. The number of piperidine rings is 1. The van der Waals surface area contributed by atoms with Crippen LogP contribution in [-0.2, 0) is 16.0 Å². The van der Waals surface area contributed by atoms with Gasteiger partial charge in [-0.2, -0.15) is 0 Å². The van der Waals surface area contributed by atoms with Gasteiger partial charge in [0.1, 0.15) is 5.75 Å². The van der Waals surface area contributed by atoms with Gasteiger partial charge >= 0.3 is 5.97 Å². The molecule has 1 aliphatic heterocycles. The molecular formula is C27H38N2O4. The summed E-state index contributed by atoms with van der Waals surface area (Å²) < 4.78 is 16.6. The summed E-state index contributed by atoms with van der Waals surface area (Å²) >= 11 is 0. The van der Waals surface area contributed by atoms with Gasteiger partial charge in [0.05, 0.1) is 24.4 Å². The average Bonchev–Trinajstić information content (AvgIpc) is 2.83. The van der Waals surface area contributed by atoms with Crippen molar-refractivity contribution in [3.05, 3.63) is 59.7 Å². The summed E-state index contributed by atoms with van der Waals surface area (Å²) in [5.74, 6) is 0.608. The third-order valence-corrected chi connectivity index (χ3v) is 6.53. The molecule has 6 heteroatoms. The number of carbonyl (C=O) groups is 1. The summed E-state index contributed by atoms with van der Waals surface area (Å²) in [7, 11) is 5.39. The summed E-state index contributed by atoms with van der Waals surface area (Å²) in [6, 6.07) is 16.0. The average molecular weight is 455 g/mol. The third kappa shape index (κ3) is 6.95. The standard InChI is InChI=1S/C27H38N2O4/c1-21(2)33-25-12-10-24(11-13-25)28(3)17-14-27(32-5)15-18-29(19-16-27)20-22-6-8-23(9-7-22)26(30)31-4/h6-13,21H,14-20H2,1-5H3. The second kappa shape index (κ2) is 11.5. The van der Waals surface area contributed by atoms with E-state index in [0.717, 1.165) is 51.2 Å². The summed E-state index contributed by atoms with van der Waals surface area (Å²) in [4.78, 5) is 16.4. The van der Waals surface area contributed by atoms with Crippen molar-refractivity contribution < 1.29 is 19.0 Å². The van der Waals surface area contributed by atoms with E-state index in [1.165, 1.54) is 18.4 Å². The normalized spacial score (nSPS) is 15.9. The first-order chi connectivity index (χ1) is 15.8. The van der Waals surface area contributed by atoms with Crippen molar-refractivity contribution in [2.75, 3.05) is 45.8 Å². The number of benzene rings is 2. The molecule has 33 heavy (non-hydrogen) atoms. The highest BCUT2D eigenvalue weighted by Gasteiger charge is 2.34. The monoisotopic (exact) mass is 454 g/mol. The van der Waals surface area contributed by atoms with Crippen molar-refractivity contribution >= 4 is 11.7 Å². The highest BCUT2D eigenvalue weighted by atomic mass is 16.5. The first kappa shape index (κ1) is 25.1.